The minimum atomic E-state index is -4.83. The van der Waals surface area contributed by atoms with Gasteiger partial charge in [-0.15, -0.1) is 0 Å². The van der Waals surface area contributed by atoms with Crippen LogP contribution in [0.15, 0.2) is 47.4 Å². The predicted molar refractivity (Wildman–Crippen MR) is 97.9 cm³/mol. The van der Waals surface area contributed by atoms with Crippen LogP contribution in [0.3, 0.4) is 0 Å². The predicted octanol–water partition coefficient (Wildman–Crippen LogP) is 4.02. The van der Waals surface area contributed by atoms with E-state index < -0.39 is 50.1 Å². The van der Waals surface area contributed by atoms with E-state index in [0.29, 0.717) is 6.07 Å². The summed E-state index contributed by atoms with van der Waals surface area (Å²) in [5, 5.41) is 2.43. The van der Waals surface area contributed by atoms with Crippen LogP contribution >= 0.6 is 0 Å². The number of amides is 1. The van der Waals surface area contributed by atoms with Gasteiger partial charge in [0.1, 0.15) is 0 Å². The standard InChI is InChI=1S/C19H17F5N2O3S/c20-15-6-5-13(11-16(15)21)25-18(27)12-7-9-26(10-8-12)30(28,29)17-4-2-1-3-14(17)19(22,23)24/h1-6,11-12H,7-10H2,(H,25,27). The number of nitrogens with one attached hydrogen (secondary N) is 1. The molecule has 1 heterocycles. The van der Waals surface area contributed by atoms with Gasteiger partial charge in [-0.2, -0.15) is 17.5 Å². The smallest absolute Gasteiger partial charge is 0.326 e. The number of carbonyl (C=O) groups excluding carboxylic acids is 1. The summed E-state index contributed by atoms with van der Waals surface area (Å²) >= 11 is 0. The first-order valence-corrected chi connectivity index (χ1v) is 10.4. The van der Waals surface area contributed by atoms with Crippen molar-refractivity contribution in [2.45, 2.75) is 23.9 Å². The Kier molecular flexibility index (Phi) is 6.14. The number of nitrogens with zero attached hydrogens (tertiary/aromatic N) is 1. The second kappa shape index (κ2) is 8.31. The van der Waals surface area contributed by atoms with Gasteiger partial charge < -0.3 is 5.32 Å². The Labute approximate surface area is 169 Å². The van der Waals surface area contributed by atoms with Crippen molar-refractivity contribution < 1.29 is 35.2 Å². The number of anilines is 1. The Morgan fingerprint density at radius 1 is 1.00 bits per heavy atom. The second-order valence-electron chi connectivity index (χ2n) is 6.79. The first kappa shape index (κ1) is 22.2. The van der Waals surface area contributed by atoms with Gasteiger partial charge in [-0.05, 0) is 37.1 Å². The molecule has 0 bridgehead atoms. The van der Waals surface area contributed by atoms with Crippen molar-refractivity contribution in [3.63, 3.8) is 0 Å². The maximum atomic E-state index is 13.3. The molecule has 1 fully saturated rings. The molecular weight excluding hydrogens is 431 g/mol. The van der Waals surface area contributed by atoms with Crippen molar-refractivity contribution in [1.82, 2.24) is 4.31 Å². The molecule has 0 atom stereocenters. The fraction of sp³-hybridized carbons (Fsp3) is 0.316. The number of alkyl halides is 3. The molecule has 11 heteroatoms. The van der Waals surface area contributed by atoms with E-state index in [1.54, 1.807) is 0 Å². The van der Waals surface area contributed by atoms with E-state index in [0.717, 1.165) is 28.6 Å². The molecule has 162 valence electrons. The van der Waals surface area contributed by atoms with Gasteiger partial charge in [-0.25, -0.2) is 17.2 Å². The molecule has 1 saturated heterocycles. The van der Waals surface area contributed by atoms with Crippen molar-refractivity contribution in [1.29, 1.82) is 0 Å². The molecular formula is C19H17F5N2O3S. The average Bonchev–Trinajstić information content (AvgIpc) is 2.70. The minimum Gasteiger partial charge on any atom is -0.326 e. The van der Waals surface area contributed by atoms with Crippen molar-refractivity contribution in [2.75, 3.05) is 18.4 Å². The van der Waals surface area contributed by atoms with Gasteiger partial charge in [0.15, 0.2) is 11.6 Å². The molecule has 0 unspecified atom stereocenters. The summed E-state index contributed by atoms with van der Waals surface area (Å²) in [5.74, 6) is -3.32. The molecule has 1 aliphatic heterocycles. The molecule has 0 saturated carbocycles. The monoisotopic (exact) mass is 448 g/mol. The van der Waals surface area contributed by atoms with Crippen LogP contribution in [0.2, 0.25) is 0 Å². The molecule has 0 spiro atoms. The van der Waals surface area contributed by atoms with Crippen LogP contribution in [0.4, 0.5) is 27.6 Å². The Balaban J connectivity index is 1.69. The Bertz CT molecular complexity index is 1050. The fourth-order valence-corrected chi connectivity index (χ4v) is 4.92. The molecule has 5 nitrogen and oxygen atoms in total. The summed E-state index contributed by atoms with van der Waals surface area (Å²) in [6, 6.07) is 6.79. The minimum absolute atomic E-state index is 0.0491. The number of rotatable bonds is 4. The molecule has 0 aliphatic carbocycles. The zero-order valence-electron chi connectivity index (χ0n) is 15.4. The van der Waals surface area contributed by atoms with E-state index in [-0.39, 0.29) is 31.6 Å². The van der Waals surface area contributed by atoms with Crippen LogP contribution in [0, 0.1) is 17.6 Å². The summed E-state index contributed by atoms with van der Waals surface area (Å²) in [5.41, 5.74) is -1.20. The van der Waals surface area contributed by atoms with Crippen LogP contribution in [0.5, 0.6) is 0 Å². The van der Waals surface area contributed by atoms with Crippen molar-refractivity contribution in [2.24, 2.45) is 5.92 Å². The van der Waals surface area contributed by atoms with Gasteiger partial charge in [-0.3, -0.25) is 4.79 Å². The lowest BCUT2D eigenvalue weighted by Crippen LogP contribution is -2.41. The van der Waals surface area contributed by atoms with Gasteiger partial charge in [0, 0.05) is 30.8 Å². The summed E-state index contributed by atoms with van der Waals surface area (Å²) in [4.78, 5) is 11.5. The number of hydrogen-bond donors (Lipinski definition) is 1. The summed E-state index contributed by atoms with van der Waals surface area (Å²) in [7, 11) is -4.40. The van der Waals surface area contributed by atoms with Gasteiger partial charge in [-0.1, -0.05) is 12.1 Å². The SMILES string of the molecule is O=C(Nc1ccc(F)c(F)c1)C1CCN(S(=O)(=O)c2ccccc2C(F)(F)F)CC1. The zero-order chi connectivity index (χ0) is 22.1. The van der Waals surface area contributed by atoms with E-state index in [1.807, 2.05) is 0 Å². The molecule has 1 amide bonds. The largest absolute Gasteiger partial charge is 0.417 e. The van der Waals surface area contributed by atoms with Crippen molar-refractivity contribution in [3.8, 4) is 0 Å². The Morgan fingerprint density at radius 3 is 2.23 bits per heavy atom. The molecule has 2 aromatic carbocycles. The highest BCUT2D eigenvalue weighted by molar-refractivity contribution is 7.89. The zero-order valence-corrected chi connectivity index (χ0v) is 16.2. The number of hydrogen-bond acceptors (Lipinski definition) is 3. The van der Waals surface area contributed by atoms with Crippen molar-refractivity contribution in [3.05, 3.63) is 59.7 Å². The molecule has 1 aliphatic rings. The third kappa shape index (κ3) is 4.62. The van der Waals surface area contributed by atoms with Crippen LogP contribution in [0.25, 0.3) is 0 Å². The normalized spacial score (nSPS) is 16.4. The van der Waals surface area contributed by atoms with E-state index in [9.17, 15) is 35.2 Å². The lowest BCUT2D eigenvalue weighted by molar-refractivity contribution is -0.139. The van der Waals surface area contributed by atoms with E-state index in [1.165, 1.54) is 12.1 Å². The number of benzene rings is 2. The highest BCUT2D eigenvalue weighted by Crippen LogP contribution is 2.36. The number of sulfonamides is 1. The van der Waals surface area contributed by atoms with Gasteiger partial charge in [0.05, 0.1) is 10.5 Å². The fourth-order valence-electron chi connectivity index (χ4n) is 3.24. The number of carbonyl (C=O) groups is 1. The van der Waals surface area contributed by atoms with Crippen LogP contribution in [-0.4, -0.2) is 31.7 Å². The van der Waals surface area contributed by atoms with Crippen molar-refractivity contribution >= 4 is 21.6 Å². The van der Waals surface area contributed by atoms with Crippen LogP contribution < -0.4 is 5.32 Å². The maximum Gasteiger partial charge on any atom is 0.417 e. The lowest BCUT2D eigenvalue weighted by Gasteiger charge is -2.31. The molecule has 1 N–H and O–H groups in total. The molecule has 2 aromatic rings. The third-order valence-corrected chi connectivity index (χ3v) is 6.78. The van der Waals surface area contributed by atoms with E-state index >= 15 is 0 Å². The van der Waals surface area contributed by atoms with E-state index in [4.69, 9.17) is 0 Å². The number of piperidine rings is 1. The van der Waals surface area contributed by atoms with Gasteiger partial charge in [0.2, 0.25) is 15.9 Å². The van der Waals surface area contributed by atoms with Crippen LogP contribution in [-0.2, 0) is 21.0 Å². The topological polar surface area (TPSA) is 66.5 Å². The summed E-state index contributed by atoms with van der Waals surface area (Å²) in [6.45, 7) is -0.297. The Morgan fingerprint density at radius 2 is 1.63 bits per heavy atom. The quantitative estimate of drug-likeness (QED) is 0.719. The Hall–Kier alpha value is -2.53. The van der Waals surface area contributed by atoms with Gasteiger partial charge >= 0.3 is 6.18 Å². The number of halogens is 5. The second-order valence-corrected chi connectivity index (χ2v) is 8.70. The molecule has 3 rings (SSSR count). The highest BCUT2D eigenvalue weighted by atomic mass is 32.2. The van der Waals surface area contributed by atoms with E-state index in [2.05, 4.69) is 5.32 Å². The molecule has 0 radical (unpaired) electrons. The summed E-state index contributed by atoms with van der Waals surface area (Å²) < 4.78 is 92.2. The molecule has 30 heavy (non-hydrogen) atoms. The van der Waals surface area contributed by atoms with Gasteiger partial charge in [0.25, 0.3) is 0 Å². The first-order valence-electron chi connectivity index (χ1n) is 8.92. The third-order valence-electron chi connectivity index (χ3n) is 4.82. The lowest BCUT2D eigenvalue weighted by atomic mass is 9.97. The average molecular weight is 448 g/mol. The summed E-state index contributed by atoms with van der Waals surface area (Å²) in [6.07, 6.45) is -4.68. The highest BCUT2D eigenvalue weighted by Gasteiger charge is 2.40. The maximum absolute atomic E-state index is 13.3. The first-order chi connectivity index (χ1) is 14.0. The van der Waals surface area contributed by atoms with Crippen LogP contribution in [0.1, 0.15) is 18.4 Å². The molecule has 0 aromatic heterocycles.